The minimum absolute atomic E-state index is 0.0344. The van der Waals surface area contributed by atoms with Gasteiger partial charge in [0.05, 0.1) is 4.90 Å². The number of rotatable bonds is 4. The van der Waals surface area contributed by atoms with E-state index < -0.39 is 9.05 Å². The number of carbonyl (C=O) groups is 1. The van der Waals surface area contributed by atoms with Crippen molar-refractivity contribution in [1.29, 1.82) is 0 Å². The van der Waals surface area contributed by atoms with Crippen molar-refractivity contribution in [2.24, 2.45) is 0 Å². The molecule has 2 aromatic rings. The quantitative estimate of drug-likeness (QED) is 0.817. The van der Waals surface area contributed by atoms with Crippen molar-refractivity contribution in [3.8, 4) is 0 Å². The third-order valence-electron chi connectivity index (χ3n) is 2.76. The van der Waals surface area contributed by atoms with Gasteiger partial charge in [-0.25, -0.2) is 8.42 Å². The highest BCUT2D eigenvalue weighted by molar-refractivity contribution is 9.10. The zero-order valence-corrected chi connectivity index (χ0v) is 13.9. The molecule has 0 aliphatic rings. The van der Waals surface area contributed by atoms with Crippen LogP contribution in [-0.2, 0) is 15.6 Å². The van der Waals surface area contributed by atoms with Crippen molar-refractivity contribution in [2.45, 2.75) is 11.4 Å². The van der Waals surface area contributed by atoms with Crippen LogP contribution >= 0.6 is 26.6 Å². The van der Waals surface area contributed by atoms with E-state index in [0.717, 1.165) is 10.0 Å². The summed E-state index contributed by atoms with van der Waals surface area (Å²) in [6, 6.07) is 13.0. The Morgan fingerprint density at radius 2 is 1.62 bits per heavy atom. The minimum Gasteiger partial charge on any atom is -0.348 e. The smallest absolute Gasteiger partial charge is 0.261 e. The number of carbonyl (C=O) groups excluding carboxylic acids is 1. The fraction of sp³-hybridized carbons (Fsp3) is 0.0714. The highest BCUT2D eigenvalue weighted by Crippen LogP contribution is 2.15. The van der Waals surface area contributed by atoms with Gasteiger partial charge >= 0.3 is 0 Å². The van der Waals surface area contributed by atoms with Crippen molar-refractivity contribution in [3.63, 3.8) is 0 Å². The SMILES string of the molecule is O=C(NCc1ccc(S(=O)(=O)Cl)cc1)c1ccc(Br)cc1. The van der Waals surface area contributed by atoms with Crippen LogP contribution in [0.3, 0.4) is 0 Å². The molecule has 0 heterocycles. The van der Waals surface area contributed by atoms with Gasteiger partial charge in [-0.3, -0.25) is 4.79 Å². The minimum atomic E-state index is -3.72. The fourth-order valence-electron chi connectivity index (χ4n) is 1.66. The Kier molecular flexibility index (Phi) is 5.03. The Morgan fingerprint density at radius 3 is 2.14 bits per heavy atom. The van der Waals surface area contributed by atoms with Gasteiger partial charge in [0.1, 0.15) is 0 Å². The summed E-state index contributed by atoms with van der Waals surface area (Å²) in [7, 11) is 1.51. The van der Waals surface area contributed by atoms with Gasteiger partial charge in [-0.2, -0.15) is 0 Å². The molecule has 0 aliphatic carbocycles. The van der Waals surface area contributed by atoms with Gasteiger partial charge in [0.25, 0.3) is 15.0 Å². The second-order valence-electron chi connectivity index (χ2n) is 4.27. The number of hydrogen-bond acceptors (Lipinski definition) is 3. The van der Waals surface area contributed by atoms with Crippen LogP contribution in [0.15, 0.2) is 57.9 Å². The molecule has 4 nitrogen and oxygen atoms in total. The van der Waals surface area contributed by atoms with Crippen LogP contribution in [0, 0.1) is 0 Å². The van der Waals surface area contributed by atoms with Crippen LogP contribution in [-0.4, -0.2) is 14.3 Å². The van der Waals surface area contributed by atoms with E-state index in [1.54, 1.807) is 36.4 Å². The van der Waals surface area contributed by atoms with E-state index in [1.165, 1.54) is 12.1 Å². The molecule has 0 bridgehead atoms. The van der Waals surface area contributed by atoms with Crippen LogP contribution < -0.4 is 5.32 Å². The van der Waals surface area contributed by atoms with Gasteiger partial charge in [0.2, 0.25) is 0 Å². The predicted octanol–water partition coefficient (Wildman–Crippen LogP) is 3.31. The van der Waals surface area contributed by atoms with Crippen LogP contribution in [0.2, 0.25) is 0 Å². The van der Waals surface area contributed by atoms with E-state index in [4.69, 9.17) is 10.7 Å². The molecule has 21 heavy (non-hydrogen) atoms. The summed E-state index contributed by atoms with van der Waals surface area (Å²) in [5, 5.41) is 2.76. The third kappa shape index (κ3) is 4.56. The van der Waals surface area contributed by atoms with Crippen LogP contribution in [0.25, 0.3) is 0 Å². The van der Waals surface area contributed by atoms with Crippen molar-refractivity contribution in [1.82, 2.24) is 5.32 Å². The van der Waals surface area contributed by atoms with E-state index in [9.17, 15) is 13.2 Å². The number of benzene rings is 2. The highest BCUT2D eigenvalue weighted by atomic mass is 79.9. The first-order valence-electron chi connectivity index (χ1n) is 5.93. The van der Waals surface area contributed by atoms with Crippen LogP contribution in [0.1, 0.15) is 15.9 Å². The van der Waals surface area contributed by atoms with Crippen LogP contribution in [0.4, 0.5) is 0 Å². The fourth-order valence-corrected chi connectivity index (χ4v) is 2.69. The molecule has 7 heteroatoms. The molecule has 0 atom stereocenters. The lowest BCUT2D eigenvalue weighted by Crippen LogP contribution is -2.22. The Labute approximate surface area is 135 Å². The zero-order chi connectivity index (χ0) is 15.5. The van der Waals surface area contributed by atoms with E-state index in [0.29, 0.717) is 12.1 Å². The lowest BCUT2D eigenvalue weighted by Gasteiger charge is -2.06. The maximum absolute atomic E-state index is 11.9. The molecule has 2 aromatic carbocycles. The maximum Gasteiger partial charge on any atom is 0.261 e. The predicted molar refractivity (Wildman–Crippen MR) is 84.8 cm³/mol. The summed E-state index contributed by atoms with van der Waals surface area (Å²) in [6.07, 6.45) is 0. The molecule has 0 aromatic heterocycles. The van der Waals surface area contributed by atoms with Gasteiger partial charge in [-0.1, -0.05) is 28.1 Å². The molecular weight excluding hydrogens is 378 g/mol. The third-order valence-corrected chi connectivity index (χ3v) is 4.66. The van der Waals surface area contributed by atoms with E-state index in [2.05, 4.69) is 21.2 Å². The second-order valence-corrected chi connectivity index (χ2v) is 7.75. The Balaban J connectivity index is 2.00. The molecule has 1 N–H and O–H groups in total. The molecule has 0 radical (unpaired) electrons. The van der Waals surface area contributed by atoms with Crippen molar-refractivity contribution in [2.75, 3.05) is 0 Å². The molecule has 110 valence electrons. The average molecular weight is 389 g/mol. The van der Waals surface area contributed by atoms with E-state index in [-0.39, 0.29) is 10.8 Å². The summed E-state index contributed by atoms with van der Waals surface area (Å²) in [5.41, 5.74) is 1.34. The Hall–Kier alpha value is -1.37. The summed E-state index contributed by atoms with van der Waals surface area (Å²) >= 11 is 3.30. The summed E-state index contributed by atoms with van der Waals surface area (Å²) in [4.78, 5) is 11.9. The standard InChI is InChI=1S/C14H11BrClNO3S/c15-12-5-3-11(4-6-12)14(18)17-9-10-1-7-13(8-2-10)21(16,19)20/h1-8H,9H2,(H,17,18). The maximum atomic E-state index is 11.9. The summed E-state index contributed by atoms with van der Waals surface area (Å²) < 4.78 is 23.1. The lowest BCUT2D eigenvalue weighted by atomic mass is 10.2. The zero-order valence-electron chi connectivity index (χ0n) is 10.7. The molecule has 0 unspecified atom stereocenters. The summed E-state index contributed by atoms with van der Waals surface area (Å²) in [6.45, 7) is 0.303. The first-order valence-corrected chi connectivity index (χ1v) is 9.04. The van der Waals surface area contributed by atoms with Crippen LogP contribution in [0.5, 0.6) is 0 Å². The molecule has 1 amide bonds. The van der Waals surface area contributed by atoms with Gasteiger partial charge in [-0.05, 0) is 42.0 Å². The van der Waals surface area contributed by atoms with E-state index >= 15 is 0 Å². The van der Waals surface area contributed by atoms with E-state index in [1.807, 2.05) is 0 Å². The summed E-state index contributed by atoms with van der Waals surface area (Å²) in [5.74, 6) is -0.198. The van der Waals surface area contributed by atoms with Gasteiger partial charge < -0.3 is 5.32 Å². The largest absolute Gasteiger partial charge is 0.348 e. The number of nitrogens with one attached hydrogen (secondary N) is 1. The lowest BCUT2D eigenvalue weighted by molar-refractivity contribution is 0.0951. The molecule has 0 saturated heterocycles. The molecule has 0 spiro atoms. The molecule has 0 fully saturated rings. The molecular formula is C14H11BrClNO3S. The van der Waals surface area contributed by atoms with Gasteiger partial charge in [-0.15, -0.1) is 0 Å². The van der Waals surface area contributed by atoms with Gasteiger partial charge in [0.15, 0.2) is 0 Å². The first-order chi connectivity index (χ1) is 9.86. The van der Waals surface area contributed by atoms with Crippen molar-refractivity contribution < 1.29 is 13.2 Å². The first kappa shape index (κ1) is 16.0. The average Bonchev–Trinajstić information content (AvgIpc) is 2.45. The van der Waals surface area contributed by atoms with Gasteiger partial charge in [0, 0.05) is 27.3 Å². The second kappa shape index (κ2) is 6.60. The topological polar surface area (TPSA) is 63.2 Å². The Morgan fingerprint density at radius 1 is 1.05 bits per heavy atom. The monoisotopic (exact) mass is 387 g/mol. The highest BCUT2D eigenvalue weighted by Gasteiger charge is 2.09. The van der Waals surface area contributed by atoms with Crippen molar-refractivity contribution in [3.05, 3.63) is 64.1 Å². The molecule has 0 saturated carbocycles. The molecule has 2 rings (SSSR count). The molecule has 0 aliphatic heterocycles. The normalized spacial score (nSPS) is 11.1. The van der Waals surface area contributed by atoms with Crippen molar-refractivity contribution >= 4 is 41.6 Å². The number of halogens is 2. The Bertz CT molecular complexity index is 743. The number of hydrogen-bond donors (Lipinski definition) is 1. The number of amides is 1.